The maximum Gasteiger partial charge on any atom is 0.317 e. The summed E-state index contributed by atoms with van der Waals surface area (Å²) in [7, 11) is 4.56. The van der Waals surface area contributed by atoms with E-state index in [0.29, 0.717) is 37.4 Å². The molecule has 1 aromatic carbocycles. The Morgan fingerprint density at radius 3 is 2.51 bits per heavy atom. The third kappa shape index (κ3) is 6.48. The van der Waals surface area contributed by atoms with Crippen molar-refractivity contribution >= 4 is 17.8 Å². The van der Waals surface area contributed by atoms with E-state index in [9.17, 15) is 14.4 Å². The van der Waals surface area contributed by atoms with Crippen LogP contribution in [0.15, 0.2) is 41.6 Å². The second kappa shape index (κ2) is 13.2. The molecule has 2 amide bonds. The van der Waals surface area contributed by atoms with Crippen molar-refractivity contribution in [2.75, 3.05) is 27.9 Å². The van der Waals surface area contributed by atoms with Gasteiger partial charge in [-0.2, -0.15) is 0 Å². The minimum absolute atomic E-state index is 0.0251. The van der Waals surface area contributed by atoms with Crippen LogP contribution < -0.4 is 14.8 Å². The lowest BCUT2D eigenvalue weighted by atomic mass is 9.69. The molecule has 0 unspecified atom stereocenters. The van der Waals surface area contributed by atoms with Crippen LogP contribution in [0.2, 0.25) is 0 Å². The molecule has 0 aromatic heterocycles. The molecule has 1 aliphatic heterocycles. The summed E-state index contributed by atoms with van der Waals surface area (Å²) in [6.07, 6.45) is 13.3. The summed E-state index contributed by atoms with van der Waals surface area (Å²) in [4.78, 5) is 42.2. The molecule has 0 radical (unpaired) electrons. The van der Waals surface area contributed by atoms with Gasteiger partial charge in [0, 0.05) is 31.1 Å². The highest BCUT2D eigenvalue weighted by atomic mass is 16.5. The zero-order valence-corrected chi connectivity index (χ0v) is 23.6. The van der Waals surface area contributed by atoms with Gasteiger partial charge in [0.25, 0.3) is 0 Å². The normalized spacial score (nSPS) is 23.1. The molecule has 0 spiro atoms. The minimum Gasteiger partial charge on any atom is -0.493 e. The molecule has 39 heavy (non-hydrogen) atoms. The number of benzene rings is 1. The van der Waals surface area contributed by atoms with Crippen LogP contribution in [0, 0.1) is 11.3 Å². The summed E-state index contributed by atoms with van der Waals surface area (Å²) >= 11 is 0. The predicted octanol–water partition coefficient (Wildman–Crippen LogP) is 5.07. The number of amides is 2. The van der Waals surface area contributed by atoms with Crippen LogP contribution in [-0.4, -0.2) is 50.6 Å². The van der Waals surface area contributed by atoms with E-state index in [4.69, 9.17) is 14.2 Å². The Balaban J connectivity index is 1.52. The van der Waals surface area contributed by atoms with Crippen LogP contribution in [-0.2, 0) is 25.7 Å². The molecular weight excluding hydrogens is 496 g/mol. The van der Waals surface area contributed by atoms with Crippen molar-refractivity contribution in [3.8, 4) is 11.5 Å². The Morgan fingerprint density at radius 1 is 1.03 bits per heavy atom. The monoisotopic (exact) mass is 538 g/mol. The molecule has 4 rings (SSSR count). The second-order valence-corrected chi connectivity index (χ2v) is 10.8. The summed E-state index contributed by atoms with van der Waals surface area (Å²) in [5.41, 5.74) is 2.13. The lowest BCUT2D eigenvalue weighted by Gasteiger charge is -2.46. The summed E-state index contributed by atoms with van der Waals surface area (Å²) in [5, 5.41) is 2.95. The van der Waals surface area contributed by atoms with Crippen LogP contribution in [0.1, 0.15) is 76.2 Å². The van der Waals surface area contributed by atoms with Gasteiger partial charge in [-0.3, -0.25) is 14.4 Å². The molecule has 1 heterocycles. The summed E-state index contributed by atoms with van der Waals surface area (Å²) < 4.78 is 16.0. The fourth-order valence-corrected chi connectivity index (χ4v) is 6.31. The number of ether oxygens (including phenoxy) is 3. The van der Waals surface area contributed by atoms with Crippen molar-refractivity contribution in [3.05, 3.63) is 47.2 Å². The number of hydrogen-bond donors (Lipinski definition) is 1. The van der Waals surface area contributed by atoms with Crippen molar-refractivity contribution in [2.24, 2.45) is 11.3 Å². The molecule has 1 N–H and O–H groups in total. The van der Waals surface area contributed by atoms with Gasteiger partial charge >= 0.3 is 5.97 Å². The first-order chi connectivity index (χ1) is 18.9. The molecule has 3 aliphatic rings. The molecule has 1 fully saturated rings. The molecule has 0 bridgehead atoms. The zero-order valence-electron chi connectivity index (χ0n) is 23.6. The van der Waals surface area contributed by atoms with Gasteiger partial charge in [-0.15, -0.1) is 0 Å². The molecule has 0 saturated carbocycles. The van der Waals surface area contributed by atoms with Gasteiger partial charge in [0.2, 0.25) is 11.8 Å². The molecule has 1 aromatic rings. The number of hydrogen-bond acceptors (Lipinski definition) is 6. The highest BCUT2D eigenvalue weighted by Gasteiger charge is 2.53. The van der Waals surface area contributed by atoms with Crippen LogP contribution >= 0.6 is 0 Å². The number of rotatable bonds is 10. The lowest BCUT2D eigenvalue weighted by molar-refractivity contribution is -0.159. The smallest absolute Gasteiger partial charge is 0.317 e. The Labute approximate surface area is 231 Å². The fraction of sp³-hybridized carbons (Fsp3) is 0.581. The quantitative estimate of drug-likeness (QED) is 0.330. The third-order valence-corrected chi connectivity index (χ3v) is 8.37. The van der Waals surface area contributed by atoms with Gasteiger partial charge in [0.15, 0.2) is 11.5 Å². The standard InChI is InChI=1S/C31H42N2O6/c1-37-25-14-13-23(18-26(25)38-2)21-32-28(34)19-24-20-31(30(36)39-3)16-9-5-8-12-27(31)33(29(24)35)17-15-22-10-6-4-7-11-22/h10,12-14,18,24H,4-9,11,15-17,19-21H2,1-3H3,(H,32,34)/t24-,31+/m1/s1. The van der Waals surface area contributed by atoms with Crippen molar-refractivity contribution < 1.29 is 28.6 Å². The van der Waals surface area contributed by atoms with E-state index in [0.717, 1.165) is 49.8 Å². The summed E-state index contributed by atoms with van der Waals surface area (Å²) in [6.45, 7) is 0.824. The molecule has 2 aliphatic carbocycles. The van der Waals surface area contributed by atoms with E-state index in [1.54, 1.807) is 20.3 Å². The van der Waals surface area contributed by atoms with Crippen molar-refractivity contribution in [3.63, 3.8) is 0 Å². The number of esters is 1. The number of carbonyl (C=O) groups excluding carboxylic acids is 3. The van der Waals surface area contributed by atoms with E-state index < -0.39 is 11.3 Å². The lowest BCUT2D eigenvalue weighted by Crippen LogP contribution is -2.53. The SMILES string of the molecule is COC(=O)[C@]12CCCCC=C1N(CCC1=CCCCC1)C(=O)[C@H](CC(=O)NCc1ccc(OC)c(OC)c1)C2. The summed E-state index contributed by atoms with van der Waals surface area (Å²) in [6, 6.07) is 5.48. The molecule has 8 heteroatoms. The topological polar surface area (TPSA) is 94.2 Å². The molecular formula is C31H42N2O6. The van der Waals surface area contributed by atoms with Gasteiger partial charge in [-0.25, -0.2) is 0 Å². The average Bonchev–Trinajstić information content (AvgIpc) is 3.19. The van der Waals surface area contributed by atoms with Crippen LogP contribution in [0.25, 0.3) is 0 Å². The van der Waals surface area contributed by atoms with E-state index in [-0.39, 0.29) is 24.2 Å². The van der Waals surface area contributed by atoms with Crippen LogP contribution in [0.4, 0.5) is 0 Å². The van der Waals surface area contributed by atoms with Gasteiger partial charge in [-0.05, 0) is 75.5 Å². The number of piperidine rings is 1. The van der Waals surface area contributed by atoms with E-state index >= 15 is 0 Å². The Kier molecular flexibility index (Phi) is 9.70. The number of carbonyl (C=O) groups is 3. The third-order valence-electron chi connectivity index (χ3n) is 8.37. The van der Waals surface area contributed by atoms with Crippen molar-refractivity contribution in [2.45, 2.75) is 77.2 Å². The van der Waals surface area contributed by atoms with Crippen molar-refractivity contribution in [1.29, 1.82) is 0 Å². The minimum atomic E-state index is -0.894. The van der Waals surface area contributed by atoms with E-state index in [2.05, 4.69) is 17.5 Å². The molecule has 8 nitrogen and oxygen atoms in total. The highest BCUT2D eigenvalue weighted by molar-refractivity contribution is 5.92. The largest absolute Gasteiger partial charge is 0.493 e. The fourth-order valence-electron chi connectivity index (χ4n) is 6.31. The zero-order chi connectivity index (χ0) is 27.8. The molecule has 2 atom stereocenters. The number of nitrogens with one attached hydrogen (secondary N) is 1. The molecule has 212 valence electrons. The van der Waals surface area contributed by atoms with E-state index in [1.165, 1.54) is 25.5 Å². The predicted molar refractivity (Wildman–Crippen MR) is 148 cm³/mol. The molecule has 1 saturated heterocycles. The number of allylic oxidation sites excluding steroid dienone is 2. The van der Waals surface area contributed by atoms with Gasteiger partial charge < -0.3 is 24.4 Å². The van der Waals surface area contributed by atoms with Gasteiger partial charge in [0.05, 0.1) is 21.3 Å². The number of fused-ring (bicyclic) bond motifs is 1. The first-order valence-corrected chi connectivity index (χ1v) is 14.2. The number of methoxy groups -OCH3 is 3. The first kappa shape index (κ1) is 28.7. The second-order valence-electron chi connectivity index (χ2n) is 10.8. The Hall–Kier alpha value is -3.29. The van der Waals surface area contributed by atoms with Crippen molar-refractivity contribution in [1.82, 2.24) is 10.2 Å². The maximum atomic E-state index is 13.9. The number of nitrogens with zero attached hydrogens (tertiary/aromatic N) is 1. The Morgan fingerprint density at radius 2 is 1.79 bits per heavy atom. The number of likely N-dealkylation sites (tertiary alicyclic amines) is 1. The summed E-state index contributed by atoms with van der Waals surface area (Å²) in [5.74, 6) is 0.0123. The van der Waals surface area contributed by atoms with Gasteiger partial charge in [0.1, 0.15) is 5.41 Å². The average molecular weight is 539 g/mol. The van der Waals surface area contributed by atoms with Gasteiger partial charge in [-0.1, -0.05) is 30.2 Å². The Bertz CT molecular complexity index is 1130. The van der Waals surface area contributed by atoms with Crippen LogP contribution in [0.3, 0.4) is 0 Å². The maximum absolute atomic E-state index is 13.9. The highest BCUT2D eigenvalue weighted by Crippen LogP contribution is 2.49. The first-order valence-electron chi connectivity index (χ1n) is 14.2. The van der Waals surface area contributed by atoms with E-state index in [1.807, 2.05) is 17.0 Å². The van der Waals surface area contributed by atoms with Crippen LogP contribution in [0.5, 0.6) is 11.5 Å².